The third-order valence-corrected chi connectivity index (χ3v) is 10.0. The molecule has 0 aliphatic heterocycles. The van der Waals surface area contributed by atoms with Gasteiger partial charge in [0.25, 0.3) is 10.0 Å². The molecule has 0 radical (unpaired) electrons. The summed E-state index contributed by atoms with van der Waals surface area (Å²) >= 11 is 6.08. The highest BCUT2D eigenvalue weighted by Gasteiger charge is 2.35. The Balaban J connectivity index is 1.81. The summed E-state index contributed by atoms with van der Waals surface area (Å²) in [7, 11) is -4.25. The Kier molecular flexibility index (Phi) is 12.4. The summed E-state index contributed by atoms with van der Waals surface area (Å²) in [5, 5.41) is 3.44. The molecule has 0 spiro atoms. The lowest BCUT2D eigenvalue weighted by Gasteiger charge is -2.34. The van der Waals surface area contributed by atoms with Gasteiger partial charge in [0.15, 0.2) is 0 Å². The van der Waals surface area contributed by atoms with Crippen LogP contribution in [0.25, 0.3) is 0 Å². The predicted octanol–water partition coefficient (Wildman–Crippen LogP) is 6.80. The van der Waals surface area contributed by atoms with Crippen LogP contribution in [0.2, 0.25) is 5.02 Å². The van der Waals surface area contributed by atoms with Crippen molar-refractivity contribution in [2.24, 2.45) is 0 Å². The van der Waals surface area contributed by atoms with Gasteiger partial charge in [0.1, 0.15) is 18.3 Å². The molecule has 248 valence electrons. The minimum absolute atomic E-state index is 0.0237. The molecule has 0 saturated carbocycles. The molecule has 47 heavy (non-hydrogen) atoms. The third kappa shape index (κ3) is 9.36. The van der Waals surface area contributed by atoms with E-state index >= 15 is 0 Å². The van der Waals surface area contributed by atoms with Gasteiger partial charge in [-0.2, -0.15) is 0 Å². The van der Waals surface area contributed by atoms with E-state index in [1.54, 1.807) is 24.3 Å². The first kappa shape index (κ1) is 35.5. The quantitative estimate of drug-likeness (QED) is 0.150. The molecule has 10 heteroatoms. The maximum Gasteiger partial charge on any atom is 0.264 e. The molecule has 4 aromatic rings. The molecular formula is C37H42ClN3O5S. The molecule has 8 nitrogen and oxygen atoms in total. The van der Waals surface area contributed by atoms with Crippen LogP contribution in [-0.2, 0) is 32.6 Å². The van der Waals surface area contributed by atoms with Gasteiger partial charge in [-0.1, -0.05) is 73.1 Å². The average Bonchev–Trinajstić information content (AvgIpc) is 3.07. The Morgan fingerprint density at radius 2 is 1.51 bits per heavy atom. The summed E-state index contributed by atoms with van der Waals surface area (Å²) in [5.74, 6) is -0.268. The highest BCUT2D eigenvalue weighted by molar-refractivity contribution is 7.92. The van der Waals surface area contributed by atoms with E-state index in [0.717, 1.165) is 21.0 Å². The van der Waals surface area contributed by atoms with Gasteiger partial charge in [-0.25, -0.2) is 8.42 Å². The van der Waals surface area contributed by atoms with Crippen molar-refractivity contribution >= 4 is 39.1 Å². The number of sulfonamides is 1. The number of nitrogens with one attached hydrogen (secondary N) is 1. The van der Waals surface area contributed by atoms with Crippen molar-refractivity contribution in [2.75, 3.05) is 17.5 Å². The van der Waals surface area contributed by atoms with E-state index in [2.05, 4.69) is 5.32 Å². The van der Waals surface area contributed by atoms with E-state index in [1.807, 2.05) is 82.3 Å². The number of hydrogen-bond acceptors (Lipinski definition) is 5. The van der Waals surface area contributed by atoms with Crippen molar-refractivity contribution in [2.45, 2.75) is 64.1 Å². The van der Waals surface area contributed by atoms with Crippen molar-refractivity contribution in [3.05, 3.63) is 125 Å². The minimum Gasteiger partial charge on any atom is -0.494 e. The number of nitrogens with zero attached hydrogens (tertiary/aromatic N) is 2. The summed E-state index contributed by atoms with van der Waals surface area (Å²) in [6.07, 6.45) is 0.952. The number of carbonyl (C=O) groups excluding carboxylic acids is 2. The van der Waals surface area contributed by atoms with Crippen molar-refractivity contribution in [1.82, 2.24) is 10.2 Å². The van der Waals surface area contributed by atoms with E-state index in [1.165, 1.54) is 29.2 Å². The number of aryl methyl sites for hydroxylation is 1. The Morgan fingerprint density at radius 1 is 0.872 bits per heavy atom. The van der Waals surface area contributed by atoms with Gasteiger partial charge >= 0.3 is 0 Å². The SMILES string of the molecule is CCOc1ccc(N(CC(=O)N(Cc2ccccc2C)[C@@H](Cc2ccccc2)C(=O)N[C@@H](C)CC)S(=O)(=O)c2ccc(Cl)cc2)cc1. The second-order valence-electron chi connectivity index (χ2n) is 11.4. The Labute approximate surface area is 283 Å². The fourth-order valence-electron chi connectivity index (χ4n) is 5.10. The van der Waals surface area contributed by atoms with Crippen LogP contribution in [0.1, 0.15) is 43.9 Å². The lowest BCUT2D eigenvalue weighted by molar-refractivity contribution is -0.140. The third-order valence-electron chi connectivity index (χ3n) is 7.99. The topological polar surface area (TPSA) is 96.0 Å². The van der Waals surface area contributed by atoms with Gasteiger partial charge < -0.3 is 15.0 Å². The molecule has 4 aromatic carbocycles. The van der Waals surface area contributed by atoms with Crippen LogP contribution >= 0.6 is 11.6 Å². The fraction of sp³-hybridized carbons (Fsp3) is 0.297. The number of benzene rings is 4. The summed E-state index contributed by atoms with van der Waals surface area (Å²) in [5.41, 5.74) is 2.94. The zero-order valence-corrected chi connectivity index (χ0v) is 28.8. The minimum atomic E-state index is -4.25. The van der Waals surface area contributed by atoms with Crippen LogP contribution in [0.4, 0.5) is 5.69 Å². The molecule has 0 bridgehead atoms. The van der Waals surface area contributed by atoms with Crippen molar-refractivity contribution in [3.8, 4) is 5.75 Å². The number of hydrogen-bond donors (Lipinski definition) is 1. The van der Waals surface area contributed by atoms with E-state index in [0.29, 0.717) is 23.8 Å². The molecule has 0 fully saturated rings. The zero-order valence-electron chi connectivity index (χ0n) is 27.2. The molecule has 1 N–H and O–H groups in total. The van der Waals surface area contributed by atoms with Crippen LogP contribution in [0.3, 0.4) is 0 Å². The standard InChI is InChI=1S/C37H42ClN3O5S/c1-5-28(4)39-37(43)35(24-29-13-8-7-9-14-29)40(25-30-15-11-10-12-27(30)3)36(42)26-41(32-18-20-33(21-19-32)46-6-2)47(44,45)34-22-16-31(38)17-23-34/h7-23,28,35H,5-6,24-26H2,1-4H3,(H,39,43)/t28-,35-/m0/s1. The summed E-state index contributed by atoms with van der Waals surface area (Å²) in [4.78, 5) is 30.1. The Bertz CT molecular complexity index is 1730. The van der Waals surface area contributed by atoms with Crippen molar-refractivity contribution in [1.29, 1.82) is 0 Å². The number of carbonyl (C=O) groups is 2. The summed E-state index contributed by atoms with van der Waals surface area (Å²) in [6.45, 7) is 7.69. The van der Waals surface area contributed by atoms with Crippen molar-refractivity contribution < 1.29 is 22.7 Å². The second kappa shape index (κ2) is 16.5. The second-order valence-corrected chi connectivity index (χ2v) is 13.7. The van der Waals surface area contributed by atoms with Crippen LogP contribution < -0.4 is 14.4 Å². The molecule has 2 amide bonds. The lowest BCUT2D eigenvalue weighted by atomic mass is 10.0. The number of rotatable bonds is 15. The normalized spacial score (nSPS) is 12.5. The highest BCUT2D eigenvalue weighted by atomic mass is 35.5. The zero-order chi connectivity index (χ0) is 34.0. The van der Waals surface area contributed by atoms with E-state index in [9.17, 15) is 18.0 Å². The monoisotopic (exact) mass is 675 g/mol. The number of ether oxygens (including phenoxy) is 1. The molecule has 0 aromatic heterocycles. The van der Waals surface area contributed by atoms with Crippen LogP contribution in [0.5, 0.6) is 5.75 Å². The molecule has 0 heterocycles. The molecule has 0 saturated heterocycles. The smallest absolute Gasteiger partial charge is 0.264 e. The fourth-order valence-corrected chi connectivity index (χ4v) is 6.64. The maximum atomic E-state index is 14.6. The Hall–Kier alpha value is -4.34. The first-order valence-corrected chi connectivity index (χ1v) is 17.5. The van der Waals surface area contributed by atoms with Gasteiger partial charge in [0.2, 0.25) is 11.8 Å². The van der Waals surface area contributed by atoms with Gasteiger partial charge in [-0.15, -0.1) is 0 Å². The molecule has 0 aliphatic rings. The van der Waals surface area contributed by atoms with E-state index < -0.39 is 28.5 Å². The first-order valence-electron chi connectivity index (χ1n) is 15.7. The average molecular weight is 676 g/mol. The number of anilines is 1. The summed E-state index contributed by atoms with van der Waals surface area (Å²) in [6, 6.07) is 28.4. The van der Waals surface area contributed by atoms with Gasteiger partial charge in [-0.3, -0.25) is 13.9 Å². The molecular weight excluding hydrogens is 634 g/mol. The van der Waals surface area contributed by atoms with Gasteiger partial charge in [0, 0.05) is 24.0 Å². The van der Waals surface area contributed by atoms with E-state index in [-0.39, 0.29) is 35.5 Å². The number of halogens is 1. The lowest BCUT2D eigenvalue weighted by Crippen LogP contribution is -2.54. The van der Waals surface area contributed by atoms with Crippen LogP contribution in [-0.4, -0.2) is 50.4 Å². The van der Waals surface area contributed by atoms with Gasteiger partial charge in [-0.05, 0) is 92.4 Å². The molecule has 2 atom stereocenters. The Morgan fingerprint density at radius 3 is 2.13 bits per heavy atom. The van der Waals surface area contributed by atoms with Gasteiger partial charge in [0.05, 0.1) is 17.2 Å². The molecule has 0 aliphatic carbocycles. The largest absolute Gasteiger partial charge is 0.494 e. The maximum absolute atomic E-state index is 14.6. The highest BCUT2D eigenvalue weighted by Crippen LogP contribution is 2.28. The summed E-state index contributed by atoms with van der Waals surface area (Å²) < 4.78 is 35.1. The molecule has 0 unspecified atom stereocenters. The van der Waals surface area contributed by atoms with Crippen LogP contribution in [0.15, 0.2) is 108 Å². The van der Waals surface area contributed by atoms with Crippen LogP contribution in [0, 0.1) is 6.92 Å². The predicted molar refractivity (Wildman–Crippen MR) is 187 cm³/mol. The van der Waals surface area contributed by atoms with E-state index in [4.69, 9.17) is 16.3 Å². The molecule has 4 rings (SSSR count). The van der Waals surface area contributed by atoms with Crippen molar-refractivity contribution in [3.63, 3.8) is 0 Å². The first-order chi connectivity index (χ1) is 22.5. The number of amides is 2.